The molecule has 2 heterocycles. The van der Waals surface area contributed by atoms with Crippen molar-refractivity contribution in [2.75, 3.05) is 17.3 Å². The van der Waals surface area contributed by atoms with Crippen LogP contribution in [0.3, 0.4) is 0 Å². The second-order valence-electron chi connectivity index (χ2n) is 8.23. The van der Waals surface area contributed by atoms with Crippen molar-refractivity contribution < 1.29 is 18.7 Å². The van der Waals surface area contributed by atoms with Gasteiger partial charge >= 0.3 is 0 Å². The number of hydrogen-bond acceptors (Lipinski definition) is 4. The van der Waals surface area contributed by atoms with E-state index in [0.29, 0.717) is 30.8 Å². The van der Waals surface area contributed by atoms with Gasteiger partial charge < -0.3 is 10.1 Å². The van der Waals surface area contributed by atoms with Crippen LogP contribution < -0.4 is 15.0 Å². The Morgan fingerprint density at radius 2 is 1.74 bits per heavy atom. The fraction of sp³-hybridized carbons (Fsp3) is 0.148. The average Bonchev–Trinajstić information content (AvgIpc) is 3.32. The topological polar surface area (TPSA) is 76.5 Å². The maximum atomic E-state index is 13.1. The Labute approximate surface area is 201 Å². The first-order valence-corrected chi connectivity index (χ1v) is 11.2. The quantitative estimate of drug-likeness (QED) is 0.436. The van der Waals surface area contributed by atoms with Gasteiger partial charge in [-0.1, -0.05) is 12.1 Å². The predicted molar refractivity (Wildman–Crippen MR) is 131 cm³/mol. The molecule has 4 aromatic rings. The molecular formula is C27H23FN4O3. The lowest BCUT2D eigenvalue weighted by atomic mass is 10.1. The van der Waals surface area contributed by atoms with Crippen LogP contribution in [0.15, 0.2) is 78.9 Å². The molecular weight excluding hydrogens is 447 g/mol. The highest BCUT2D eigenvalue weighted by molar-refractivity contribution is 6.04. The van der Waals surface area contributed by atoms with Gasteiger partial charge in [0.25, 0.3) is 5.91 Å². The molecule has 0 saturated carbocycles. The summed E-state index contributed by atoms with van der Waals surface area (Å²) in [6.07, 6.45) is 0.370. The van der Waals surface area contributed by atoms with E-state index >= 15 is 0 Å². The molecule has 0 bridgehead atoms. The molecule has 0 spiro atoms. The Balaban J connectivity index is 1.32. The first-order chi connectivity index (χ1) is 17.0. The van der Waals surface area contributed by atoms with Gasteiger partial charge in [-0.25, -0.2) is 9.07 Å². The van der Waals surface area contributed by atoms with Gasteiger partial charge in [0.05, 0.1) is 25.9 Å². The van der Waals surface area contributed by atoms with E-state index in [2.05, 4.69) is 5.32 Å². The number of amides is 2. The third kappa shape index (κ3) is 4.77. The smallest absolute Gasteiger partial charge is 0.255 e. The summed E-state index contributed by atoms with van der Waals surface area (Å²) in [6, 6.07) is 22.2. The van der Waals surface area contributed by atoms with Gasteiger partial charge in [-0.2, -0.15) is 5.10 Å². The summed E-state index contributed by atoms with van der Waals surface area (Å²) in [5.74, 6) is 0.878. The molecule has 7 nitrogen and oxygen atoms in total. The summed E-state index contributed by atoms with van der Waals surface area (Å²) in [5.41, 5.74) is 3.60. The highest BCUT2D eigenvalue weighted by Crippen LogP contribution is 2.30. The first kappa shape index (κ1) is 22.3. The summed E-state index contributed by atoms with van der Waals surface area (Å²) < 4.78 is 20.1. The van der Waals surface area contributed by atoms with E-state index in [-0.39, 0.29) is 17.6 Å². The molecule has 2 amide bonds. The highest BCUT2D eigenvalue weighted by Gasteiger charge is 2.26. The van der Waals surface area contributed by atoms with E-state index in [9.17, 15) is 14.0 Å². The van der Waals surface area contributed by atoms with Crippen LogP contribution in [0.4, 0.5) is 15.9 Å². The van der Waals surface area contributed by atoms with Gasteiger partial charge in [-0.05, 0) is 66.2 Å². The Kier molecular flexibility index (Phi) is 6.01. The van der Waals surface area contributed by atoms with Crippen molar-refractivity contribution in [3.63, 3.8) is 0 Å². The molecule has 0 saturated heterocycles. The van der Waals surface area contributed by atoms with Crippen molar-refractivity contribution in [1.82, 2.24) is 9.78 Å². The SMILES string of the molecule is COc1ccc(-c2cc3n(n2)CCC(=O)N3Cc2ccc(C(=O)Nc3ccc(F)cc3)cc2)cc1. The Hall–Kier alpha value is -4.46. The number of ether oxygens (including phenoxy) is 1. The second kappa shape index (κ2) is 9.42. The van der Waals surface area contributed by atoms with E-state index in [4.69, 9.17) is 9.84 Å². The molecule has 0 aliphatic carbocycles. The summed E-state index contributed by atoms with van der Waals surface area (Å²) in [7, 11) is 1.62. The van der Waals surface area contributed by atoms with Gasteiger partial charge in [0.15, 0.2) is 0 Å². The van der Waals surface area contributed by atoms with Crippen LogP contribution in [0.1, 0.15) is 22.3 Å². The average molecular weight is 471 g/mol. The molecule has 35 heavy (non-hydrogen) atoms. The van der Waals surface area contributed by atoms with Crippen molar-refractivity contribution in [2.45, 2.75) is 19.5 Å². The summed E-state index contributed by atoms with van der Waals surface area (Å²) in [5, 5.41) is 7.43. The van der Waals surface area contributed by atoms with E-state index in [1.165, 1.54) is 24.3 Å². The lowest BCUT2D eigenvalue weighted by Crippen LogP contribution is -2.36. The molecule has 0 radical (unpaired) electrons. The fourth-order valence-electron chi connectivity index (χ4n) is 4.01. The standard InChI is InChI=1S/C27H23FN4O3/c1-35-23-12-6-19(7-13-23)24-16-25-31(26(33)14-15-32(25)30-24)17-18-2-4-20(5-3-18)27(34)29-22-10-8-21(28)9-11-22/h2-13,16H,14-15,17H2,1H3,(H,29,34). The third-order valence-corrected chi connectivity index (χ3v) is 5.92. The minimum Gasteiger partial charge on any atom is -0.497 e. The van der Waals surface area contributed by atoms with Crippen molar-refractivity contribution >= 4 is 23.3 Å². The number of carbonyl (C=O) groups is 2. The van der Waals surface area contributed by atoms with E-state index in [0.717, 1.165) is 28.4 Å². The van der Waals surface area contributed by atoms with Crippen LogP contribution >= 0.6 is 0 Å². The largest absolute Gasteiger partial charge is 0.497 e. The van der Waals surface area contributed by atoms with Crippen molar-refractivity contribution in [1.29, 1.82) is 0 Å². The minimum absolute atomic E-state index is 0.0248. The number of anilines is 2. The first-order valence-electron chi connectivity index (χ1n) is 11.2. The molecule has 5 rings (SSSR count). The van der Waals surface area contributed by atoms with Crippen LogP contribution in [0.2, 0.25) is 0 Å². The minimum atomic E-state index is -0.364. The maximum Gasteiger partial charge on any atom is 0.255 e. The van der Waals surface area contributed by atoms with Gasteiger partial charge in [0.2, 0.25) is 5.91 Å². The predicted octanol–water partition coefficient (Wildman–Crippen LogP) is 4.89. The molecule has 1 aliphatic heterocycles. The number of rotatable bonds is 6. The molecule has 0 unspecified atom stereocenters. The zero-order chi connectivity index (χ0) is 24.4. The van der Waals surface area contributed by atoms with Gasteiger partial charge in [0.1, 0.15) is 17.4 Å². The van der Waals surface area contributed by atoms with Crippen LogP contribution in [-0.2, 0) is 17.9 Å². The number of benzene rings is 3. The number of hydrogen-bond donors (Lipinski definition) is 1. The lowest BCUT2D eigenvalue weighted by molar-refractivity contribution is -0.119. The van der Waals surface area contributed by atoms with Crippen LogP contribution in [0.5, 0.6) is 5.75 Å². The Morgan fingerprint density at radius 3 is 2.43 bits per heavy atom. The molecule has 1 aliphatic rings. The molecule has 3 aromatic carbocycles. The Bertz CT molecular complexity index is 1360. The van der Waals surface area contributed by atoms with E-state index < -0.39 is 0 Å². The van der Waals surface area contributed by atoms with Crippen molar-refractivity contribution in [3.05, 3.63) is 95.8 Å². The summed E-state index contributed by atoms with van der Waals surface area (Å²) >= 11 is 0. The highest BCUT2D eigenvalue weighted by atomic mass is 19.1. The number of aromatic nitrogens is 2. The third-order valence-electron chi connectivity index (χ3n) is 5.92. The second-order valence-corrected chi connectivity index (χ2v) is 8.23. The Morgan fingerprint density at radius 1 is 1.03 bits per heavy atom. The summed E-state index contributed by atoms with van der Waals surface area (Å²) in [4.78, 5) is 27.0. The lowest BCUT2D eigenvalue weighted by Gasteiger charge is -2.27. The van der Waals surface area contributed by atoms with Crippen LogP contribution in [0.25, 0.3) is 11.3 Å². The monoisotopic (exact) mass is 470 g/mol. The number of halogens is 1. The van der Waals surface area contributed by atoms with Gasteiger partial charge in [0, 0.05) is 29.3 Å². The van der Waals surface area contributed by atoms with E-state index in [1.807, 2.05) is 47.1 Å². The molecule has 0 fully saturated rings. The zero-order valence-electron chi connectivity index (χ0n) is 19.1. The number of aryl methyl sites for hydroxylation is 1. The van der Waals surface area contributed by atoms with Crippen molar-refractivity contribution in [3.8, 4) is 17.0 Å². The number of nitrogens with zero attached hydrogens (tertiary/aromatic N) is 3. The molecule has 8 heteroatoms. The number of methoxy groups -OCH3 is 1. The fourth-order valence-corrected chi connectivity index (χ4v) is 4.01. The number of nitrogens with one attached hydrogen (secondary N) is 1. The molecule has 176 valence electrons. The molecule has 0 atom stereocenters. The number of fused-ring (bicyclic) bond motifs is 1. The summed E-state index contributed by atoms with van der Waals surface area (Å²) in [6.45, 7) is 0.899. The zero-order valence-corrected chi connectivity index (χ0v) is 19.1. The normalized spacial score (nSPS) is 12.9. The molecule has 1 N–H and O–H groups in total. The van der Waals surface area contributed by atoms with Crippen LogP contribution in [0, 0.1) is 5.82 Å². The van der Waals surface area contributed by atoms with Crippen LogP contribution in [-0.4, -0.2) is 28.7 Å². The van der Waals surface area contributed by atoms with E-state index in [1.54, 1.807) is 24.1 Å². The van der Waals surface area contributed by atoms with Crippen molar-refractivity contribution in [2.24, 2.45) is 0 Å². The maximum absolute atomic E-state index is 13.1. The van der Waals surface area contributed by atoms with Gasteiger partial charge in [-0.15, -0.1) is 0 Å². The molecule has 1 aromatic heterocycles. The number of carbonyl (C=O) groups excluding carboxylic acids is 2. The van der Waals surface area contributed by atoms with Gasteiger partial charge in [-0.3, -0.25) is 14.5 Å².